The Morgan fingerprint density at radius 1 is 1.39 bits per heavy atom. The summed E-state index contributed by atoms with van der Waals surface area (Å²) >= 11 is 0. The summed E-state index contributed by atoms with van der Waals surface area (Å²) in [5.74, 6) is -1.06. The van der Waals surface area contributed by atoms with E-state index >= 15 is 0 Å². The number of carbonyl (C=O) groups excluding carboxylic acids is 1. The highest BCUT2D eigenvalue weighted by molar-refractivity contribution is 5.90. The Morgan fingerprint density at radius 3 is 2.50 bits per heavy atom. The van der Waals surface area contributed by atoms with Gasteiger partial charge in [0.2, 0.25) is 0 Å². The molecule has 0 spiro atoms. The SMILES string of the molecule is CC(C)(C)N(CC(=O)O)C(=O)Nc1nccnn1. The van der Waals surface area contributed by atoms with Crippen molar-refractivity contribution in [2.45, 2.75) is 26.3 Å². The molecule has 0 bridgehead atoms. The molecule has 1 rings (SSSR count). The number of hydrogen-bond acceptors (Lipinski definition) is 5. The van der Waals surface area contributed by atoms with Crippen LogP contribution in [0.1, 0.15) is 20.8 Å². The van der Waals surface area contributed by atoms with Crippen molar-refractivity contribution in [3.8, 4) is 0 Å². The fourth-order valence-electron chi connectivity index (χ4n) is 1.22. The molecule has 1 heterocycles. The van der Waals surface area contributed by atoms with E-state index in [1.807, 2.05) is 0 Å². The van der Waals surface area contributed by atoms with Crippen LogP contribution in [0.3, 0.4) is 0 Å². The first kappa shape index (κ1) is 13.8. The van der Waals surface area contributed by atoms with Crippen molar-refractivity contribution in [2.24, 2.45) is 0 Å². The molecule has 0 aromatic carbocycles. The zero-order valence-electron chi connectivity index (χ0n) is 10.4. The minimum atomic E-state index is -1.09. The summed E-state index contributed by atoms with van der Waals surface area (Å²) in [5, 5.41) is 18.3. The van der Waals surface area contributed by atoms with Crippen molar-refractivity contribution in [1.82, 2.24) is 20.1 Å². The molecule has 0 atom stereocenters. The van der Waals surface area contributed by atoms with Gasteiger partial charge in [0.15, 0.2) is 0 Å². The van der Waals surface area contributed by atoms with Crippen LogP contribution in [0.4, 0.5) is 10.7 Å². The molecule has 18 heavy (non-hydrogen) atoms. The van der Waals surface area contributed by atoms with E-state index in [4.69, 9.17) is 5.11 Å². The molecular formula is C10H15N5O3. The summed E-state index contributed by atoms with van der Waals surface area (Å²) in [4.78, 5) is 27.6. The Balaban J connectivity index is 2.80. The average molecular weight is 253 g/mol. The molecule has 8 nitrogen and oxygen atoms in total. The predicted octanol–water partition coefficient (Wildman–Crippen LogP) is 0.589. The highest BCUT2D eigenvalue weighted by Gasteiger charge is 2.28. The molecule has 0 radical (unpaired) electrons. The maximum Gasteiger partial charge on any atom is 0.325 e. The van der Waals surface area contributed by atoms with Gasteiger partial charge in [-0.3, -0.25) is 10.1 Å². The summed E-state index contributed by atoms with van der Waals surface area (Å²) in [7, 11) is 0. The second kappa shape index (κ2) is 5.39. The molecule has 2 amide bonds. The smallest absolute Gasteiger partial charge is 0.325 e. The van der Waals surface area contributed by atoms with E-state index in [0.29, 0.717) is 0 Å². The first-order chi connectivity index (χ1) is 8.30. The molecular weight excluding hydrogens is 238 g/mol. The number of amides is 2. The molecule has 0 aliphatic carbocycles. The monoisotopic (exact) mass is 253 g/mol. The first-order valence-corrected chi connectivity index (χ1v) is 5.25. The number of nitrogens with one attached hydrogen (secondary N) is 1. The zero-order chi connectivity index (χ0) is 13.8. The van der Waals surface area contributed by atoms with Crippen LogP contribution >= 0.6 is 0 Å². The lowest BCUT2D eigenvalue weighted by atomic mass is 10.1. The predicted molar refractivity (Wildman–Crippen MR) is 62.9 cm³/mol. The van der Waals surface area contributed by atoms with Gasteiger partial charge in [0.25, 0.3) is 5.95 Å². The third kappa shape index (κ3) is 3.96. The van der Waals surface area contributed by atoms with Crippen LogP contribution in [0, 0.1) is 0 Å². The van der Waals surface area contributed by atoms with E-state index in [1.54, 1.807) is 20.8 Å². The molecule has 0 saturated heterocycles. The van der Waals surface area contributed by atoms with Gasteiger partial charge in [-0.05, 0) is 20.8 Å². The largest absolute Gasteiger partial charge is 0.480 e. The number of hydrogen-bond donors (Lipinski definition) is 2. The summed E-state index contributed by atoms with van der Waals surface area (Å²) in [6.45, 7) is 4.80. The van der Waals surface area contributed by atoms with E-state index in [9.17, 15) is 9.59 Å². The number of carboxylic acids is 1. The Kier molecular flexibility index (Phi) is 4.13. The van der Waals surface area contributed by atoms with Crippen molar-refractivity contribution >= 4 is 17.9 Å². The summed E-state index contributed by atoms with van der Waals surface area (Å²) < 4.78 is 0. The maximum atomic E-state index is 11.9. The molecule has 8 heteroatoms. The Hall–Kier alpha value is -2.25. The highest BCUT2D eigenvalue weighted by Crippen LogP contribution is 2.14. The molecule has 0 fully saturated rings. The first-order valence-electron chi connectivity index (χ1n) is 5.25. The molecule has 98 valence electrons. The van der Waals surface area contributed by atoms with Crippen molar-refractivity contribution in [3.05, 3.63) is 12.4 Å². The second-order valence-corrected chi connectivity index (χ2v) is 4.55. The third-order valence-electron chi connectivity index (χ3n) is 2.05. The number of aliphatic carboxylic acids is 1. The van der Waals surface area contributed by atoms with Crippen molar-refractivity contribution in [3.63, 3.8) is 0 Å². The highest BCUT2D eigenvalue weighted by atomic mass is 16.4. The number of anilines is 1. The van der Waals surface area contributed by atoms with E-state index in [0.717, 1.165) is 0 Å². The zero-order valence-corrected chi connectivity index (χ0v) is 10.4. The van der Waals surface area contributed by atoms with Gasteiger partial charge in [-0.15, -0.1) is 5.10 Å². The molecule has 1 aromatic heterocycles. The van der Waals surface area contributed by atoms with Crippen LogP contribution in [0.2, 0.25) is 0 Å². The summed E-state index contributed by atoms with van der Waals surface area (Å²) in [6.07, 6.45) is 2.75. The Morgan fingerprint density at radius 2 is 2.06 bits per heavy atom. The van der Waals surface area contributed by atoms with Gasteiger partial charge in [0, 0.05) is 5.54 Å². The number of nitrogens with zero attached hydrogens (tertiary/aromatic N) is 4. The maximum absolute atomic E-state index is 11.9. The second-order valence-electron chi connectivity index (χ2n) is 4.55. The minimum absolute atomic E-state index is 0.0298. The van der Waals surface area contributed by atoms with E-state index in [-0.39, 0.29) is 5.95 Å². The molecule has 0 unspecified atom stereocenters. The quantitative estimate of drug-likeness (QED) is 0.816. The lowest BCUT2D eigenvalue weighted by Gasteiger charge is -2.33. The third-order valence-corrected chi connectivity index (χ3v) is 2.05. The molecule has 0 saturated carbocycles. The summed E-state index contributed by atoms with van der Waals surface area (Å²) in [5.41, 5.74) is -0.634. The number of urea groups is 1. The minimum Gasteiger partial charge on any atom is -0.480 e. The van der Waals surface area contributed by atoms with Crippen LogP contribution in [-0.4, -0.2) is 49.3 Å². The normalized spacial score (nSPS) is 10.8. The van der Waals surface area contributed by atoms with Gasteiger partial charge in [-0.25, -0.2) is 9.78 Å². The molecule has 2 N–H and O–H groups in total. The van der Waals surface area contributed by atoms with Gasteiger partial charge >= 0.3 is 12.0 Å². The number of rotatable bonds is 3. The molecule has 1 aromatic rings. The molecule has 0 aliphatic rings. The fourth-order valence-corrected chi connectivity index (χ4v) is 1.22. The lowest BCUT2D eigenvalue weighted by molar-refractivity contribution is -0.138. The van der Waals surface area contributed by atoms with Crippen LogP contribution in [0.25, 0.3) is 0 Å². The summed E-state index contributed by atoms with van der Waals surface area (Å²) in [6, 6.07) is -0.585. The van der Waals surface area contributed by atoms with Gasteiger partial charge in [-0.2, -0.15) is 5.10 Å². The average Bonchev–Trinajstić information content (AvgIpc) is 2.25. The molecule has 0 aliphatic heterocycles. The standard InChI is InChI=1S/C10H15N5O3/c1-10(2,3)15(6-7(16)17)9(18)13-8-11-4-5-12-14-8/h4-5H,6H2,1-3H3,(H,16,17)(H,11,13,14,18). The van der Waals surface area contributed by atoms with Crippen molar-refractivity contribution < 1.29 is 14.7 Å². The van der Waals surface area contributed by atoms with E-state index < -0.39 is 24.1 Å². The Bertz CT molecular complexity index is 429. The van der Waals surface area contributed by atoms with Gasteiger partial charge in [-0.1, -0.05) is 0 Å². The van der Waals surface area contributed by atoms with Crippen LogP contribution in [-0.2, 0) is 4.79 Å². The van der Waals surface area contributed by atoms with E-state index in [1.165, 1.54) is 17.3 Å². The lowest BCUT2D eigenvalue weighted by Crippen LogP contribution is -2.50. The van der Waals surface area contributed by atoms with Gasteiger partial charge in [0.05, 0.1) is 12.4 Å². The fraction of sp³-hybridized carbons (Fsp3) is 0.500. The van der Waals surface area contributed by atoms with Gasteiger partial charge in [0.1, 0.15) is 6.54 Å². The number of carboxylic acid groups (broad SMARTS) is 1. The number of aromatic nitrogens is 3. The van der Waals surface area contributed by atoms with Crippen molar-refractivity contribution in [2.75, 3.05) is 11.9 Å². The van der Waals surface area contributed by atoms with Crippen LogP contribution in [0.15, 0.2) is 12.4 Å². The topological polar surface area (TPSA) is 108 Å². The van der Waals surface area contributed by atoms with E-state index in [2.05, 4.69) is 20.5 Å². The van der Waals surface area contributed by atoms with Gasteiger partial charge < -0.3 is 10.0 Å². The Labute approximate surface area is 104 Å². The number of carbonyl (C=O) groups is 2. The van der Waals surface area contributed by atoms with Crippen molar-refractivity contribution in [1.29, 1.82) is 0 Å². The van der Waals surface area contributed by atoms with Crippen LogP contribution in [0.5, 0.6) is 0 Å². The van der Waals surface area contributed by atoms with Crippen LogP contribution < -0.4 is 5.32 Å².